The van der Waals surface area contributed by atoms with Gasteiger partial charge in [0.15, 0.2) is 6.17 Å². The van der Waals surface area contributed by atoms with Crippen molar-refractivity contribution in [2.45, 2.75) is 95.9 Å². The second-order valence-electron chi connectivity index (χ2n) is 16.2. The third kappa shape index (κ3) is 9.36. The largest absolute Gasteiger partial charge is 0.497 e. The summed E-state index contributed by atoms with van der Waals surface area (Å²) in [6.07, 6.45) is 0.394. The number of hydrogen-bond acceptors (Lipinski definition) is 11. The van der Waals surface area contributed by atoms with Gasteiger partial charge in [0, 0.05) is 23.7 Å². The lowest BCUT2D eigenvalue weighted by atomic mass is 9.43. The maximum atomic E-state index is 13.5. The zero-order valence-electron chi connectivity index (χ0n) is 32.5. The van der Waals surface area contributed by atoms with E-state index in [0.29, 0.717) is 16.9 Å². The van der Waals surface area contributed by atoms with E-state index in [1.54, 1.807) is 36.4 Å². The molecule has 4 fully saturated rings. The highest BCUT2D eigenvalue weighted by Gasteiger charge is 2.68. The van der Waals surface area contributed by atoms with Gasteiger partial charge in [-0.15, -0.1) is 0 Å². The zero-order valence-corrected chi connectivity index (χ0v) is 33.2. The average molecular weight is 796 g/mol. The molecule has 3 saturated carbocycles. The quantitative estimate of drug-likeness (QED) is 0.0813. The van der Waals surface area contributed by atoms with E-state index in [1.807, 2.05) is 32.9 Å². The van der Waals surface area contributed by atoms with E-state index in [0.717, 1.165) is 24.0 Å². The fraction of sp³-hybridized carbons (Fsp3) is 0.553. The van der Waals surface area contributed by atoms with Gasteiger partial charge in [0.2, 0.25) is 17.7 Å². The average Bonchev–Trinajstić information content (AvgIpc) is 3.53. The Morgan fingerprint density at radius 1 is 0.768 bits per heavy atom. The number of carbonyl (C=O) groups excluding carboxylic acids is 5. The van der Waals surface area contributed by atoms with Crippen LogP contribution in [0.3, 0.4) is 0 Å². The molecule has 1 unspecified atom stereocenters. The lowest BCUT2D eigenvalue weighted by molar-refractivity contribution is -0.199. The Balaban J connectivity index is 1.11. The van der Waals surface area contributed by atoms with Gasteiger partial charge in [0.25, 0.3) is 11.8 Å². The van der Waals surface area contributed by atoms with Crippen LogP contribution in [0.5, 0.6) is 0 Å². The molecule has 0 aromatic heterocycles. The molecule has 1 saturated heterocycles. The van der Waals surface area contributed by atoms with Gasteiger partial charge in [-0.05, 0) is 84.7 Å². The fourth-order valence-corrected chi connectivity index (χ4v) is 8.23. The van der Waals surface area contributed by atoms with Gasteiger partial charge in [-0.2, -0.15) is 0 Å². The van der Waals surface area contributed by atoms with Crippen molar-refractivity contribution in [1.82, 2.24) is 26.6 Å². The lowest BCUT2D eigenvalue weighted by Gasteiger charge is -2.64. The molecule has 0 radical (unpaired) electrons. The number of halogens is 1. The van der Waals surface area contributed by atoms with Crippen LogP contribution in [0, 0.1) is 23.2 Å². The van der Waals surface area contributed by atoms with Crippen LogP contribution >= 0.6 is 11.6 Å². The normalized spacial score (nSPS) is 24.7. The molecule has 1 aliphatic heterocycles. The van der Waals surface area contributed by atoms with Gasteiger partial charge in [-0.3, -0.25) is 24.0 Å². The summed E-state index contributed by atoms with van der Waals surface area (Å²) in [6.45, 7) is 9.63. The second-order valence-corrected chi connectivity index (χ2v) is 16.6. The molecular weight excluding hydrogens is 741 g/mol. The zero-order chi connectivity index (χ0) is 41.1. The molecule has 56 heavy (non-hydrogen) atoms. The number of benzene rings is 2. The third-order valence-electron chi connectivity index (χ3n) is 11.5. The number of rotatable bonds is 16. The number of amides is 5. The van der Waals surface area contributed by atoms with E-state index in [9.17, 15) is 24.0 Å². The minimum atomic E-state index is -1.62. The molecule has 6 rings (SSSR count). The topological polar surface area (TPSA) is 268 Å². The van der Waals surface area contributed by atoms with Gasteiger partial charge < -0.3 is 58.8 Å². The summed E-state index contributed by atoms with van der Waals surface area (Å²) in [7, 11) is -0.871. The van der Waals surface area contributed by atoms with E-state index in [-0.39, 0.29) is 42.5 Å². The Hall–Kier alpha value is -4.10. The molecule has 3 aliphatic carbocycles. The lowest BCUT2D eigenvalue weighted by Crippen LogP contribution is -2.65. The van der Waals surface area contributed by atoms with Crippen molar-refractivity contribution in [1.29, 1.82) is 0 Å². The van der Waals surface area contributed by atoms with Crippen molar-refractivity contribution in [2.24, 2.45) is 46.1 Å². The summed E-state index contributed by atoms with van der Waals surface area (Å²) in [5.74, 6) is -2.84. The van der Waals surface area contributed by atoms with Crippen LogP contribution in [0.4, 0.5) is 0 Å². The van der Waals surface area contributed by atoms with Crippen LogP contribution in [-0.2, 0) is 28.5 Å². The Bertz CT molecular complexity index is 1770. The van der Waals surface area contributed by atoms with Gasteiger partial charge in [0.1, 0.15) is 24.2 Å². The smallest absolute Gasteiger partial charge is 0.403 e. The van der Waals surface area contributed by atoms with Crippen LogP contribution in [-0.4, -0.2) is 91.8 Å². The molecule has 16 nitrogen and oxygen atoms in total. The predicted octanol–water partition coefficient (Wildman–Crippen LogP) is 0.108. The van der Waals surface area contributed by atoms with Gasteiger partial charge in [0.05, 0.1) is 11.7 Å². The van der Waals surface area contributed by atoms with Crippen LogP contribution in [0.15, 0.2) is 48.5 Å². The van der Waals surface area contributed by atoms with Crippen molar-refractivity contribution in [3.05, 3.63) is 59.1 Å². The summed E-state index contributed by atoms with van der Waals surface area (Å²) in [5.41, 5.74) is 25.7. The standard InChI is InChI=1S/C38H55BClN9O7/c1-19(2)14-25(32(51)49-36(44)39-55-29-16-23-15-28(37(23,3)4)38(29,5)56-39)45-35(54)30(43)48-34(53)27(18-42)47-33(52)26(17-41)46-31(50)22-8-6-20(7-9-22)21-10-12-24(40)13-11-21/h6-13,19,23,25-30,36H,14-18,41-44H2,1-5H3,(H,45,54)(H,46,50)(H,47,52)(H,48,53)(H,49,51)/t23-,25-,26-,27-,28-,29?,30+,36+,38-/m0/s1. The van der Waals surface area contributed by atoms with Crippen molar-refractivity contribution in [2.75, 3.05) is 13.1 Å². The summed E-state index contributed by atoms with van der Waals surface area (Å²) >= 11 is 5.97. The first-order valence-corrected chi connectivity index (χ1v) is 19.4. The molecule has 9 atom stereocenters. The molecular formula is C38H55BClN9O7. The maximum Gasteiger partial charge on any atom is 0.497 e. The van der Waals surface area contributed by atoms with Crippen molar-refractivity contribution < 1.29 is 33.3 Å². The molecule has 304 valence electrons. The third-order valence-corrected chi connectivity index (χ3v) is 11.8. The first-order valence-electron chi connectivity index (χ1n) is 19.0. The van der Waals surface area contributed by atoms with Crippen LogP contribution < -0.4 is 49.5 Å². The number of nitrogens with one attached hydrogen (secondary N) is 5. The maximum absolute atomic E-state index is 13.5. The highest BCUT2D eigenvalue weighted by Crippen LogP contribution is 2.65. The molecule has 2 aromatic carbocycles. The molecule has 2 aromatic rings. The Labute approximate surface area is 332 Å². The second kappa shape index (κ2) is 17.6. The minimum Gasteiger partial charge on any atom is -0.403 e. The van der Waals surface area contributed by atoms with E-state index in [4.69, 9.17) is 43.8 Å². The van der Waals surface area contributed by atoms with E-state index >= 15 is 0 Å². The van der Waals surface area contributed by atoms with Crippen LogP contribution in [0.25, 0.3) is 11.1 Å². The molecule has 0 spiro atoms. The molecule has 4 aliphatic rings. The first-order chi connectivity index (χ1) is 26.4. The van der Waals surface area contributed by atoms with E-state index < -0.39 is 72.6 Å². The van der Waals surface area contributed by atoms with Crippen LogP contribution in [0.1, 0.15) is 64.2 Å². The summed E-state index contributed by atoms with van der Waals surface area (Å²) in [6, 6.07) is 9.30. The molecule has 1 heterocycles. The predicted molar refractivity (Wildman–Crippen MR) is 212 cm³/mol. The van der Waals surface area contributed by atoms with Crippen molar-refractivity contribution >= 4 is 48.3 Å². The number of hydrogen-bond donors (Lipinski definition) is 9. The van der Waals surface area contributed by atoms with Gasteiger partial charge in [-0.25, -0.2) is 0 Å². The summed E-state index contributed by atoms with van der Waals surface area (Å²) < 4.78 is 12.6. The minimum absolute atomic E-state index is 0.0237. The van der Waals surface area contributed by atoms with Crippen LogP contribution in [0.2, 0.25) is 5.02 Å². The van der Waals surface area contributed by atoms with Crippen molar-refractivity contribution in [3.63, 3.8) is 0 Å². The Morgan fingerprint density at radius 2 is 1.30 bits per heavy atom. The van der Waals surface area contributed by atoms with Gasteiger partial charge in [-0.1, -0.05) is 63.6 Å². The molecule has 13 N–H and O–H groups in total. The Kier molecular flexibility index (Phi) is 13.5. The van der Waals surface area contributed by atoms with Crippen molar-refractivity contribution in [3.8, 4) is 11.1 Å². The Morgan fingerprint density at radius 3 is 1.88 bits per heavy atom. The molecule has 18 heteroatoms. The van der Waals surface area contributed by atoms with E-state index in [2.05, 4.69) is 40.4 Å². The highest BCUT2D eigenvalue weighted by molar-refractivity contribution is 6.47. The van der Waals surface area contributed by atoms with Gasteiger partial charge >= 0.3 is 7.12 Å². The van der Waals surface area contributed by atoms with E-state index in [1.165, 1.54) is 0 Å². The monoisotopic (exact) mass is 795 g/mol. The molecule has 5 amide bonds. The number of carbonyl (C=O) groups is 5. The summed E-state index contributed by atoms with van der Waals surface area (Å²) in [4.78, 5) is 65.9. The molecule has 2 bridgehead atoms. The first kappa shape index (κ1) is 43.0. The fourth-order valence-electron chi connectivity index (χ4n) is 8.10. The SMILES string of the molecule is CC(C)C[C@H](NC(=O)[C@H](N)NC(=O)[C@H](CN)NC(=O)[C@H](CN)NC(=O)c1ccc(-c2ccc(Cl)cc2)cc1)C(=O)N[C@@H](N)B1OC2C[C@@H]3C[C@@H](C3(C)C)[C@]2(C)O1. The number of nitrogens with two attached hydrogens (primary N) is 4. The highest BCUT2D eigenvalue weighted by atomic mass is 35.5. The summed E-state index contributed by atoms with van der Waals surface area (Å²) in [5, 5.41) is 13.2.